The van der Waals surface area contributed by atoms with Crippen LogP contribution in [0.1, 0.15) is 50.0 Å². The normalized spacial score (nSPS) is 13.7. The Morgan fingerprint density at radius 3 is 2.59 bits per heavy atom. The highest BCUT2D eigenvalue weighted by molar-refractivity contribution is 7.07. The van der Waals surface area contributed by atoms with Gasteiger partial charge in [-0.05, 0) is 42.1 Å². The maximum atomic E-state index is 12.1. The summed E-state index contributed by atoms with van der Waals surface area (Å²) in [5.41, 5.74) is 2.02. The Hall–Kier alpha value is -2.28. The fraction of sp³-hybridized carbons (Fsp3) is 0.333. The van der Waals surface area contributed by atoms with E-state index in [0.29, 0.717) is 16.4 Å². The number of carbonyl (C=O) groups excluding carboxylic acids is 2. The molecule has 7 heteroatoms. The van der Waals surface area contributed by atoms with Gasteiger partial charge in [0.1, 0.15) is 6.61 Å². The lowest BCUT2D eigenvalue weighted by Crippen LogP contribution is -2.06. The maximum Gasteiger partial charge on any atom is 0.352 e. The molecule has 0 unspecified atom stereocenters. The molecule has 1 fully saturated rings. The topological polar surface area (TPSA) is 78.4 Å². The molecule has 1 aliphatic rings. The fourth-order valence-corrected chi connectivity index (χ4v) is 2.68. The van der Waals surface area contributed by atoms with Crippen LogP contribution in [0.5, 0.6) is 0 Å². The van der Waals surface area contributed by atoms with Gasteiger partial charge in [-0.15, -0.1) is 5.10 Å². The van der Waals surface area contributed by atoms with Crippen molar-refractivity contribution in [3.63, 3.8) is 0 Å². The summed E-state index contributed by atoms with van der Waals surface area (Å²) in [6.07, 6.45) is 2.11. The zero-order valence-corrected chi connectivity index (χ0v) is 12.8. The molecule has 0 amide bonds. The van der Waals surface area contributed by atoms with Gasteiger partial charge in [0.25, 0.3) is 0 Å². The second-order valence-corrected chi connectivity index (χ2v) is 5.78. The molecule has 6 nitrogen and oxygen atoms in total. The van der Waals surface area contributed by atoms with Gasteiger partial charge in [0.15, 0.2) is 4.88 Å². The largest absolute Gasteiger partial charge is 0.465 e. The Bertz CT molecular complexity index is 692. The summed E-state index contributed by atoms with van der Waals surface area (Å²) in [4.78, 5) is 23.9. The smallest absolute Gasteiger partial charge is 0.352 e. The second kappa shape index (κ2) is 6.23. The number of benzene rings is 1. The number of hydrogen-bond acceptors (Lipinski definition) is 7. The molecule has 3 rings (SSSR count). The molecule has 22 heavy (non-hydrogen) atoms. The first kappa shape index (κ1) is 14.6. The van der Waals surface area contributed by atoms with Gasteiger partial charge in [-0.25, -0.2) is 9.59 Å². The molecule has 0 N–H and O–H groups in total. The summed E-state index contributed by atoms with van der Waals surface area (Å²) in [7, 11) is 1.33. The van der Waals surface area contributed by atoms with Gasteiger partial charge in [-0.3, -0.25) is 0 Å². The molecule has 0 spiro atoms. The SMILES string of the molecule is COC(=O)c1ccc(COC(=O)c2snnc2C2CC2)cc1. The predicted octanol–water partition coefficient (Wildman–Crippen LogP) is 2.56. The van der Waals surface area contributed by atoms with Gasteiger partial charge >= 0.3 is 11.9 Å². The third-order valence-electron chi connectivity index (χ3n) is 3.41. The number of aromatic nitrogens is 2. The molecule has 1 aromatic heterocycles. The van der Waals surface area contributed by atoms with Crippen molar-refractivity contribution < 1.29 is 19.1 Å². The van der Waals surface area contributed by atoms with E-state index in [1.807, 2.05) is 0 Å². The summed E-state index contributed by atoms with van der Waals surface area (Å²) < 4.78 is 13.8. The van der Waals surface area contributed by atoms with Crippen LogP contribution in [-0.4, -0.2) is 28.6 Å². The molecule has 0 saturated heterocycles. The molecular formula is C15H14N2O4S. The van der Waals surface area contributed by atoms with Gasteiger partial charge in [-0.2, -0.15) is 0 Å². The number of ether oxygens (including phenoxy) is 2. The van der Waals surface area contributed by atoms with Crippen molar-refractivity contribution >= 4 is 23.5 Å². The molecule has 0 bridgehead atoms. The Kier molecular flexibility index (Phi) is 4.15. The van der Waals surface area contributed by atoms with Crippen molar-refractivity contribution in [3.8, 4) is 0 Å². The molecule has 1 heterocycles. The van der Waals surface area contributed by atoms with E-state index in [2.05, 4.69) is 14.3 Å². The Labute approximate surface area is 131 Å². The average molecular weight is 318 g/mol. The van der Waals surface area contributed by atoms with Crippen LogP contribution in [0.15, 0.2) is 24.3 Å². The van der Waals surface area contributed by atoms with E-state index in [1.54, 1.807) is 24.3 Å². The van der Waals surface area contributed by atoms with Crippen molar-refractivity contribution in [3.05, 3.63) is 46.0 Å². The van der Waals surface area contributed by atoms with Crippen molar-refractivity contribution in [1.29, 1.82) is 0 Å². The summed E-state index contributed by atoms with van der Waals surface area (Å²) in [6.45, 7) is 0.141. The van der Waals surface area contributed by atoms with Crippen LogP contribution in [-0.2, 0) is 16.1 Å². The van der Waals surface area contributed by atoms with Gasteiger partial charge in [0, 0.05) is 5.92 Å². The highest BCUT2D eigenvalue weighted by Crippen LogP contribution is 2.41. The number of esters is 2. The van der Waals surface area contributed by atoms with Crippen molar-refractivity contribution in [2.75, 3.05) is 7.11 Å². The van der Waals surface area contributed by atoms with E-state index in [-0.39, 0.29) is 6.61 Å². The first-order chi connectivity index (χ1) is 10.7. The minimum Gasteiger partial charge on any atom is -0.465 e. The fourth-order valence-electron chi connectivity index (χ4n) is 2.03. The molecule has 0 aliphatic heterocycles. The summed E-state index contributed by atoms with van der Waals surface area (Å²) in [6, 6.07) is 6.73. The lowest BCUT2D eigenvalue weighted by atomic mass is 10.1. The standard InChI is InChI=1S/C15H14N2O4S/c1-20-14(18)11-4-2-9(3-5-11)8-21-15(19)13-12(10-6-7-10)16-17-22-13/h2-5,10H,6-8H2,1H3. The molecule has 1 saturated carbocycles. The van der Waals surface area contributed by atoms with E-state index in [9.17, 15) is 9.59 Å². The monoisotopic (exact) mass is 318 g/mol. The van der Waals surface area contributed by atoms with E-state index in [1.165, 1.54) is 7.11 Å². The first-order valence-corrected chi connectivity index (χ1v) is 7.63. The zero-order valence-electron chi connectivity index (χ0n) is 11.9. The van der Waals surface area contributed by atoms with Crippen LogP contribution < -0.4 is 0 Å². The lowest BCUT2D eigenvalue weighted by molar-refractivity contribution is 0.0475. The molecular weight excluding hydrogens is 304 g/mol. The van der Waals surface area contributed by atoms with Crippen LogP contribution in [0.2, 0.25) is 0 Å². The van der Waals surface area contributed by atoms with Crippen molar-refractivity contribution in [1.82, 2.24) is 9.59 Å². The molecule has 1 aromatic carbocycles. The van der Waals surface area contributed by atoms with Crippen LogP contribution in [0, 0.1) is 0 Å². The quantitative estimate of drug-likeness (QED) is 0.788. The Morgan fingerprint density at radius 1 is 1.23 bits per heavy atom. The van der Waals surface area contributed by atoms with Crippen LogP contribution >= 0.6 is 11.5 Å². The van der Waals surface area contributed by atoms with Crippen molar-refractivity contribution in [2.24, 2.45) is 0 Å². The van der Waals surface area contributed by atoms with Gasteiger partial charge in [0.05, 0.1) is 18.4 Å². The van der Waals surface area contributed by atoms with E-state index in [0.717, 1.165) is 35.6 Å². The number of carbonyl (C=O) groups is 2. The number of hydrogen-bond donors (Lipinski definition) is 0. The molecule has 114 valence electrons. The average Bonchev–Trinajstić information content (AvgIpc) is 3.29. The van der Waals surface area contributed by atoms with Gasteiger partial charge in [-0.1, -0.05) is 16.6 Å². The molecule has 0 radical (unpaired) electrons. The highest BCUT2D eigenvalue weighted by Gasteiger charge is 2.32. The third kappa shape index (κ3) is 3.14. The van der Waals surface area contributed by atoms with E-state index in [4.69, 9.17) is 4.74 Å². The molecule has 0 atom stereocenters. The summed E-state index contributed by atoms with van der Waals surface area (Å²) >= 11 is 1.07. The number of methoxy groups -OCH3 is 1. The first-order valence-electron chi connectivity index (χ1n) is 6.85. The summed E-state index contributed by atoms with van der Waals surface area (Å²) in [5, 5.41) is 4.01. The lowest BCUT2D eigenvalue weighted by Gasteiger charge is -2.05. The molecule has 1 aliphatic carbocycles. The zero-order chi connectivity index (χ0) is 15.5. The molecule has 2 aromatic rings. The van der Waals surface area contributed by atoms with Crippen LogP contribution in [0.4, 0.5) is 0 Å². The van der Waals surface area contributed by atoms with E-state index >= 15 is 0 Å². The Morgan fingerprint density at radius 2 is 1.95 bits per heavy atom. The van der Waals surface area contributed by atoms with Gasteiger partial charge < -0.3 is 9.47 Å². The number of rotatable bonds is 5. The predicted molar refractivity (Wildman–Crippen MR) is 78.8 cm³/mol. The second-order valence-electron chi connectivity index (χ2n) is 5.03. The summed E-state index contributed by atoms with van der Waals surface area (Å²) in [5.74, 6) is -0.428. The minimum absolute atomic E-state index is 0.141. The Balaban J connectivity index is 1.61. The van der Waals surface area contributed by atoms with E-state index < -0.39 is 11.9 Å². The minimum atomic E-state index is -0.395. The third-order valence-corrected chi connectivity index (χ3v) is 4.13. The van der Waals surface area contributed by atoms with Crippen LogP contribution in [0.25, 0.3) is 0 Å². The van der Waals surface area contributed by atoms with Crippen molar-refractivity contribution in [2.45, 2.75) is 25.4 Å². The number of nitrogens with zero attached hydrogens (tertiary/aromatic N) is 2. The highest BCUT2D eigenvalue weighted by atomic mass is 32.1. The maximum absolute atomic E-state index is 12.1. The van der Waals surface area contributed by atoms with Crippen LogP contribution in [0.3, 0.4) is 0 Å². The van der Waals surface area contributed by atoms with Gasteiger partial charge in [0.2, 0.25) is 0 Å².